The second kappa shape index (κ2) is 11.7. The number of carbonyl (C=O) groups excluding carboxylic acids is 3. The highest BCUT2D eigenvalue weighted by Gasteiger charge is 2.31. The Bertz CT molecular complexity index is 946. The van der Waals surface area contributed by atoms with Crippen LogP contribution in [0.15, 0.2) is 60.7 Å². The van der Waals surface area contributed by atoms with E-state index in [1.807, 2.05) is 60.7 Å². The van der Waals surface area contributed by atoms with Crippen molar-refractivity contribution in [2.45, 2.75) is 77.7 Å². The lowest BCUT2D eigenvalue weighted by molar-refractivity contribution is -0.158. The van der Waals surface area contributed by atoms with Crippen LogP contribution in [0, 0.1) is 0 Å². The van der Waals surface area contributed by atoms with Gasteiger partial charge in [0, 0.05) is 12.8 Å². The maximum absolute atomic E-state index is 13.3. The molecule has 0 fully saturated rings. The first-order valence-electron chi connectivity index (χ1n) is 11.4. The lowest BCUT2D eigenvalue weighted by Gasteiger charge is -2.27. The van der Waals surface area contributed by atoms with Crippen LogP contribution >= 0.6 is 0 Å². The summed E-state index contributed by atoms with van der Waals surface area (Å²) in [6.45, 7) is 10.6. The fourth-order valence-corrected chi connectivity index (χ4v) is 3.20. The highest BCUT2D eigenvalue weighted by atomic mass is 16.6. The van der Waals surface area contributed by atoms with Crippen molar-refractivity contribution in [3.8, 4) is 0 Å². The van der Waals surface area contributed by atoms with Gasteiger partial charge in [-0.2, -0.15) is 0 Å². The van der Waals surface area contributed by atoms with E-state index in [9.17, 15) is 14.4 Å². The number of amides is 2. The lowest BCUT2D eigenvalue weighted by atomic mass is 10.0. The van der Waals surface area contributed by atoms with E-state index < -0.39 is 41.3 Å². The third-order valence-electron chi connectivity index (χ3n) is 4.58. The van der Waals surface area contributed by atoms with Gasteiger partial charge in [0.15, 0.2) is 0 Å². The van der Waals surface area contributed by atoms with Crippen LogP contribution in [0.3, 0.4) is 0 Å². The molecule has 7 heteroatoms. The Morgan fingerprint density at radius 1 is 0.676 bits per heavy atom. The Morgan fingerprint density at radius 3 is 1.56 bits per heavy atom. The molecule has 0 saturated carbocycles. The molecule has 2 atom stereocenters. The van der Waals surface area contributed by atoms with Crippen LogP contribution < -0.4 is 10.6 Å². The van der Waals surface area contributed by atoms with Gasteiger partial charge in [-0.05, 0) is 52.7 Å². The summed E-state index contributed by atoms with van der Waals surface area (Å²) in [5.41, 5.74) is 0.299. The van der Waals surface area contributed by atoms with Crippen molar-refractivity contribution in [2.24, 2.45) is 0 Å². The smallest absolute Gasteiger partial charge is 0.408 e. The van der Waals surface area contributed by atoms with Gasteiger partial charge in [-0.1, -0.05) is 60.7 Å². The third-order valence-corrected chi connectivity index (χ3v) is 4.58. The Balaban J connectivity index is 2.24. The zero-order valence-electron chi connectivity index (χ0n) is 20.9. The number of ether oxygens (including phenoxy) is 2. The summed E-state index contributed by atoms with van der Waals surface area (Å²) in [4.78, 5) is 38.7. The molecule has 2 amide bonds. The van der Waals surface area contributed by atoms with Crippen molar-refractivity contribution in [2.75, 3.05) is 0 Å². The van der Waals surface area contributed by atoms with Crippen molar-refractivity contribution in [3.63, 3.8) is 0 Å². The number of carbonyl (C=O) groups is 3. The van der Waals surface area contributed by atoms with Crippen LogP contribution in [0.2, 0.25) is 0 Å². The molecule has 0 bridgehead atoms. The summed E-state index contributed by atoms with van der Waals surface area (Å²) in [7, 11) is 0. The molecule has 0 spiro atoms. The number of hydrogen-bond donors (Lipinski definition) is 2. The molecule has 0 radical (unpaired) electrons. The van der Waals surface area contributed by atoms with E-state index in [1.54, 1.807) is 41.5 Å². The summed E-state index contributed by atoms with van der Waals surface area (Å²) < 4.78 is 10.9. The molecule has 184 valence electrons. The van der Waals surface area contributed by atoms with Gasteiger partial charge >= 0.3 is 12.1 Å². The fourth-order valence-electron chi connectivity index (χ4n) is 3.20. The van der Waals surface area contributed by atoms with Crippen LogP contribution in [0.25, 0.3) is 0 Å². The van der Waals surface area contributed by atoms with Crippen molar-refractivity contribution < 1.29 is 23.9 Å². The largest absolute Gasteiger partial charge is 0.458 e. The van der Waals surface area contributed by atoms with Crippen LogP contribution in [-0.4, -0.2) is 41.3 Å². The second-order valence-electron chi connectivity index (χ2n) is 10.2. The average molecular weight is 469 g/mol. The Hall–Kier alpha value is -3.35. The molecule has 0 aliphatic rings. The third kappa shape index (κ3) is 10.1. The highest BCUT2D eigenvalue weighted by molar-refractivity contribution is 5.90. The van der Waals surface area contributed by atoms with Gasteiger partial charge in [0.25, 0.3) is 0 Å². The lowest BCUT2D eigenvalue weighted by Crippen LogP contribution is -2.54. The topological polar surface area (TPSA) is 93.7 Å². The Kier molecular flexibility index (Phi) is 9.24. The fraction of sp³-hybridized carbons (Fsp3) is 0.444. The van der Waals surface area contributed by atoms with Gasteiger partial charge in [-0.25, -0.2) is 9.59 Å². The molecule has 0 saturated heterocycles. The molecule has 0 aliphatic carbocycles. The molecule has 2 rings (SSSR count). The first kappa shape index (κ1) is 26.9. The number of alkyl carbamates (subject to hydrolysis) is 1. The minimum Gasteiger partial charge on any atom is -0.458 e. The quantitative estimate of drug-likeness (QED) is 0.567. The molecule has 0 heterocycles. The average Bonchev–Trinajstić information content (AvgIpc) is 2.71. The zero-order chi connectivity index (χ0) is 25.4. The summed E-state index contributed by atoms with van der Waals surface area (Å²) >= 11 is 0. The molecule has 7 nitrogen and oxygen atoms in total. The van der Waals surface area contributed by atoms with E-state index in [-0.39, 0.29) is 12.8 Å². The molecule has 2 aromatic carbocycles. The molecular formula is C27H36N2O5. The normalized spacial score (nSPS) is 13.4. The molecule has 0 aliphatic heterocycles. The maximum Gasteiger partial charge on any atom is 0.408 e. The monoisotopic (exact) mass is 468 g/mol. The number of benzene rings is 2. The van der Waals surface area contributed by atoms with E-state index in [4.69, 9.17) is 9.47 Å². The predicted octanol–water partition coefficient (Wildman–Crippen LogP) is 4.19. The summed E-state index contributed by atoms with van der Waals surface area (Å²) in [5.74, 6) is -1.04. The van der Waals surface area contributed by atoms with Gasteiger partial charge in [0.05, 0.1) is 0 Å². The summed E-state index contributed by atoms with van der Waals surface area (Å²) in [5, 5.41) is 5.45. The van der Waals surface area contributed by atoms with Crippen molar-refractivity contribution in [3.05, 3.63) is 71.8 Å². The first-order valence-corrected chi connectivity index (χ1v) is 11.4. The van der Waals surface area contributed by atoms with Crippen LogP contribution in [-0.2, 0) is 31.9 Å². The Morgan fingerprint density at radius 2 is 1.12 bits per heavy atom. The minimum atomic E-state index is -0.946. The van der Waals surface area contributed by atoms with Crippen molar-refractivity contribution in [1.29, 1.82) is 0 Å². The summed E-state index contributed by atoms with van der Waals surface area (Å²) in [6, 6.07) is 16.8. The van der Waals surface area contributed by atoms with Gasteiger partial charge in [-0.15, -0.1) is 0 Å². The molecule has 0 aromatic heterocycles. The van der Waals surface area contributed by atoms with Gasteiger partial charge in [0.1, 0.15) is 23.3 Å². The molecule has 2 aromatic rings. The molecule has 0 unspecified atom stereocenters. The van der Waals surface area contributed by atoms with E-state index in [0.717, 1.165) is 11.1 Å². The van der Waals surface area contributed by atoms with Gasteiger partial charge in [0.2, 0.25) is 5.91 Å². The van der Waals surface area contributed by atoms with Crippen LogP contribution in [0.1, 0.15) is 52.7 Å². The number of nitrogens with one attached hydrogen (secondary N) is 2. The number of hydrogen-bond acceptors (Lipinski definition) is 5. The predicted molar refractivity (Wildman–Crippen MR) is 131 cm³/mol. The molecular weight excluding hydrogens is 432 g/mol. The van der Waals surface area contributed by atoms with Crippen molar-refractivity contribution in [1.82, 2.24) is 10.6 Å². The molecule has 34 heavy (non-hydrogen) atoms. The Labute approximate surface area is 202 Å². The zero-order valence-corrected chi connectivity index (χ0v) is 20.9. The van der Waals surface area contributed by atoms with Gasteiger partial charge in [-0.3, -0.25) is 4.79 Å². The number of esters is 1. The second-order valence-corrected chi connectivity index (χ2v) is 10.2. The first-order chi connectivity index (χ1) is 15.8. The maximum atomic E-state index is 13.3. The minimum absolute atomic E-state index is 0.234. The van der Waals surface area contributed by atoms with E-state index in [2.05, 4.69) is 10.6 Å². The SMILES string of the molecule is CC(C)(C)OC(=O)N[C@H](Cc1ccccc1)C(=O)N[C@H](Cc1ccccc1)C(=O)OC(C)(C)C. The number of rotatable bonds is 8. The van der Waals surface area contributed by atoms with Crippen LogP contribution in [0.4, 0.5) is 4.79 Å². The standard InChI is InChI=1S/C27H36N2O5/c1-26(2,3)33-24(31)22(18-20-15-11-8-12-16-20)28-23(30)21(17-19-13-9-7-10-14-19)29-25(32)34-27(4,5)6/h7-16,21-22H,17-18H2,1-6H3,(H,28,30)(H,29,32)/t21-,22-/m1/s1. The van der Waals surface area contributed by atoms with Crippen molar-refractivity contribution >= 4 is 18.0 Å². The van der Waals surface area contributed by atoms with Gasteiger partial charge < -0.3 is 20.1 Å². The van der Waals surface area contributed by atoms with Crippen LogP contribution in [0.5, 0.6) is 0 Å². The van der Waals surface area contributed by atoms with E-state index >= 15 is 0 Å². The molecule has 2 N–H and O–H groups in total. The van der Waals surface area contributed by atoms with E-state index in [0.29, 0.717) is 0 Å². The highest BCUT2D eigenvalue weighted by Crippen LogP contribution is 2.13. The summed E-state index contributed by atoms with van der Waals surface area (Å²) in [6.07, 6.45) is -0.218. The van der Waals surface area contributed by atoms with E-state index in [1.165, 1.54) is 0 Å².